The number of amides is 1. The summed E-state index contributed by atoms with van der Waals surface area (Å²) in [7, 11) is 1.31. The Morgan fingerprint density at radius 3 is 2.38 bits per heavy atom. The van der Waals surface area contributed by atoms with Crippen molar-refractivity contribution >= 4 is 23.0 Å². The van der Waals surface area contributed by atoms with Crippen LogP contribution >= 0.6 is 0 Å². The number of nitro benzene ring substituents is 2. The molecule has 10 heteroatoms. The van der Waals surface area contributed by atoms with Crippen LogP contribution in [0.2, 0.25) is 0 Å². The van der Waals surface area contributed by atoms with Gasteiger partial charge in [-0.1, -0.05) is 12.1 Å². The summed E-state index contributed by atoms with van der Waals surface area (Å²) in [4.78, 5) is 32.9. The van der Waals surface area contributed by atoms with Crippen LogP contribution < -0.4 is 14.8 Å². The maximum Gasteiger partial charge on any atom is 0.310 e. The Balaban J connectivity index is 2.15. The number of para-hydroxylation sites is 2. The molecule has 0 aliphatic rings. The molecule has 0 aliphatic heterocycles. The number of benzene rings is 2. The van der Waals surface area contributed by atoms with Crippen molar-refractivity contribution in [1.29, 1.82) is 0 Å². The lowest BCUT2D eigenvalue weighted by Gasteiger charge is -2.16. The number of nitrogens with one attached hydrogen (secondary N) is 1. The first-order valence-electron chi connectivity index (χ1n) is 7.37. The van der Waals surface area contributed by atoms with Crippen molar-refractivity contribution in [2.24, 2.45) is 0 Å². The van der Waals surface area contributed by atoms with Crippen LogP contribution in [0.5, 0.6) is 11.5 Å². The number of ether oxygens (including phenoxy) is 2. The molecule has 136 valence electrons. The Morgan fingerprint density at radius 2 is 1.77 bits per heavy atom. The number of carbonyl (C=O) groups is 1. The van der Waals surface area contributed by atoms with Gasteiger partial charge in [-0.15, -0.1) is 0 Å². The first-order chi connectivity index (χ1) is 12.3. The van der Waals surface area contributed by atoms with Gasteiger partial charge in [0.15, 0.2) is 11.9 Å². The van der Waals surface area contributed by atoms with Crippen LogP contribution in [-0.4, -0.2) is 29.0 Å². The lowest BCUT2D eigenvalue weighted by Crippen LogP contribution is -2.30. The number of hydrogen-bond acceptors (Lipinski definition) is 7. The summed E-state index contributed by atoms with van der Waals surface area (Å²) in [6.45, 7) is 1.42. The van der Waals surface area contributed by atoms with E-state index in [1.54, 1.807) is 6.07 Å². The molecule has 0 saturated carbocycles. The number of methoxy groups -OCH3 is 1. The fraction of sp³-hybridized carbons (Fsp3) is 0.188. The Labute approximate surface area is 147 Å². The molecule has 0 spiro atoms. The van der Waals surface area contributed by atoms with Gasteiger partial charge >= 0.3 is 5.69 Å². The van der Waals surface area contributed by atoms with Crippen LogP contribution in [0, 0.1) is 20.2 Å². The highest BCUT2D eigenvalue weighted by molar-refractivity contribution is 5.95. The summed E-state index contributed by atoms with van der Waals surface area (Å²) in [6.07, 6.45) is -1.06. The number of nitrogens with zero attached hydrogens (tertiary/aromatic N) is 2. The number of rotatable bonds is 7. The number of carbonyl (C=O) groups excluding carboxylic acids is 1. The monoisotopic (exact) mass is 361 g/mol. The topological polar surface area (TPSA) is 134 Å². The Hall–Kier alpha value is -3.69. The zero-order valence-corrected chi connectivity index (χ0v) is 13.9. The van der Waals surface area contributed by atoms with E-state index in [-0.39, 0.29) is 28.6 Å². The molecular formula is C16H15N3O7. The maximum atomic E-state index is 12.3. The van der Waals surface area contributed by atoms with Gasteiger partial charge in [0, 0.05) is 12.1 Å². The lowest BCUT2D eigenvalue weighted by atomic mass is 10.2. The fourth-order valence-corrected chi connectivity index (χ4v) is 2.08. The Morgan fingerprint density at radius 1 is 1.08 bits per heavy atom. The number of non-ortho nitro benzene ring substituents is 1. The molecule has 0 heterocycles. The van der Waals surface area contributed by atoms with Crippen molar-refractivity contribution in [1.82, 2.24) is 0 Å². The van der Waals surface area contributed by atoms with Crippen molar-refractivity contribution in [3.05, 3.63) is 62.7 Å². The lowest BCUT2D eigenvalue weighted by molar-refractivity contribution is -0.386. The minimum absolute atomic E-state index is 0.0455. The minimum atomic E-state index is -1.06. The largest absolute Gasteiger partial charge is 0.494 e. The van der Waals surface area contributed by atoms with E-state index in [1.165, 1.54) is 50.4 Å². The van der Waals surface area contributed by atoms with Crippen LogP contribution in [0.4, 0.5) is 17.1 Å². The molecule has 1 N–H and O–H groups in total. The molecule has 0 saturated heterocycles. The normalized spacial score (nSPS) is 11.3. The van der Waals surface area contributed by atoms with E-state index in [4.69, 9.17) is 9.47 Å². The summed E-state index contributed by atoms with van der Waals surface area (Å²) in [5, 5.41) is 24.3. The maximum absolute atomic E-state index is 12.3. The van der Waals surface area contributed by atoms with Crippen LogP contribution in [-0.2, 0) is 4.79 Å². The molecule has 0 aromatic heterocycles. The summed E-state index contributed by atoms with van der Waals surface area (Å²) in [5.41, 5.74) is -0.245. The standard InChI is InChI=1S/C16H15N3O7/c1-10(26-14-6-4-3-5-13(14)19(23)24)16(20)17-12-8-7-11(18(21)22)9-15(12)25-2/h3-10H,1-2H3,(H,17,20)/t10-/m0/s1. The van der Waals surface area contributed by atoms with E-state index in [2.05, 4.69) is 5.32 Å². The summed E-state index contributed by atoms with van der Waals surface area (Å²) in [5.74, 6) is -0.545. The van der Waals surface area contributed by atoms with Gasteiger partial charge in [-0.2, -0.15) is 0 Å². The number of nitro groups is 2. The summed E-state index contributed by atoms with van der Waals surface area (Å²) in [6, 6.07) is 9.39. The van der Waals surface area contributed by atoms with Gasteiger partial charge in [0.25, 0.3) is 11.6 Å². The van der Waals surface area contributed by atoms with E-state index >= 15 is 0 Å². The highest BCUT2D eigenvalue weighted by Crippen LogP contribution is 2.30. The molecule has 2 aromatic rings. The smallest absolute Gasteiger partial charge is 0.310 e. The van der Waals surface area contributed by atoms with Gasteiger partial charge in [0.1, 0.15) is 5.75 Å². The second kappa shape index (κ2) is 7.92. The molecule has 0 fully saturated rings. The Bertz CT molecular complexity index is 853. The first-order valence-corrected chi connectivity index (χ1v) is 7.37. The molecule has 10 nitrogen and oxygen atoms in total. The molecule has 1 atom stereocenters. The average molecular weight is 361 g/mol. The van der Waals surface area contributed by atoms with E-state index in [0.717, 1.165) is 0 Å². The molecule has 0 radical (unpaired) electrons. The van der Waals surface area contributed by atoms with E-state index in [9.17, 15) is 25.0 Å². The SMILES string of the molecule is COc1cc([N+](=O)[O-])ccc1NC(=O)[C@H](C)Oc1ccccc1[N+](=O)[O-]. The molecule has 0 bridgehead atoms. The van der Waals surface area contributed by atoms with Crippen molar-refractivity contribution < 1.29 is 24.1 Å². The van der Waals surface area contributed by atoms with E-state index in [0.29, 0.717) is 0 Å². The molecule has 2 aromatic carbocycles. The number of hydrogen-bond donors (Lipinski definition) is 1. The quantitative estimate of drug-likeness (QED) is 0.592. The van der Waals surface area contributed by atoms with Gasteiger partial charge < -0.3 is 14.8 Å². The first kappa shape index (κ1) is 18.6. The van der Waals surface area contributed by atoms with Crippen molar-refractivity contribution in [2.45, 2.75) is 13.0 Å². The molecule has 0 unspecified atom stereocenters. The van der Waals surface area contributed by atoms with Crippen molar-refractivity contribution in [2.75, 3.05) is 12.4 Å². The summed E-state index contributed by atoms with van der Waals surface area (Å²) >= 11 is 0. The van der Waals surface area contributed by atoms with Crippen LogP contribution in [0.25, 0.3) is 0 Å². The van der Waals surface area contributed by atoms with Gasteiger partial charge in [0.05, 0.1) is 28.7 Å². The van der Waals surface area contributed by atoms with Crippen molar-refractivity contribution in [3.63, 3.8) is 0 Å². The van der Waals surface area contributed by atoms with Crippen molar-refractivity contribution in [3.8, 4) is 11.5 Å². The van der Waals surface area contributed by atoms with E-state index < -0.39 is 21.9 Å². The van der Waals surface area contributed by atoms with Gasteiger partial charge in [0.2, 0.25) is 0 Å². The zero-order chi connectivity index (χ0) is 19.3. The van der Waals surface area contributed by atoms with Crippen LogP contribution in [0.1, 0.15) is 6.92 Å². The van der Waals surface area contributed by atoms with E-state index in [1.807, 2.05) is 0 Å². The zero-order valence-electron chi connectivity index (χ0n) is 13.9. The number of anilines is 1. The van der Waals surface area contributed by atoms with Crippen LogP contribution in [0.15, 0.2) is 42.5 Å². The predicted octanol–water partition coefficient (Wildman–Crippen LogP) is 2.92. The fourth-order valence-electron chi connectivity index (χ4n) is 2.08. The van der Waals surface area contributed by atoms with Gasteiger partial charge in [-0.25, -0.2) is 0 Å². The highest BCUT2D eigenvalue weighted by Gasteiger charge is 2.22. The third kappa shape index (κ3) is 4.23. The third-order valence-electron chi connectivity index (χ3n) is 3.39. The average Bonchev–Trinajstić information content (AvgIpc) is 2.61. The molecular weight excluding hydrogens is 346 g/mol. The second-order valence-corrected chi connectivity index (χ2v) is 5.12. The minimum Gasteiger partial charge on any atom is -0.494 e. The summed E-state index contributed by atoms with van der Waals surface area (Å²) < 4.78 is 10.4. The molecule has 1 amide bonds. The van der Waals surface area contributed by atoms with Gasteiger partial charge in [-0.3, -0.25) is 25.0 Å². The molecule has 0 aliphatic carbocycles. The second-order valence-electron chi connectivity index (χ2n) is 5.12. The van der Waals surface area contributed by atoms with Gasteiger partial charge in [-0.05, 0) is 19.1 Å². The third-order valence-corrected chi connectivity index (χ3v) is 3.39. The predicted molar refractivity (Wildman–Crippen MR) is 91.5 cm³/mol. The molecule has 26 heavy (non-hydrogen) atoms. The van der Waals surface area contributed by atoms with Crippen LogP contribution in [0.3, 0.4) is 0 Å². The molecule has 2 rings (SSSR count). The Kier molecular flexibility index (Phi) is 5.68. The highest BCUT2D eigenvalue weighted by atomic mass is 16.6.